The summed E-state index contributed by atoms with van der Waals surface area (Å²) in [7, 11) is 4.54. The fourth-order valence-electron chi connectivity index (χ4n) is 3.41. The van der Waals surface area contributed by atoms with Gasteiger partial charge < -0.3 is 19.5 Å². The fraction of sp³-hybridized carbons (Fsp3) is 0.500. The monoisotopic (exact) mass is 439 g/mol. The summed E-state index contributed by atoms with van der Waals surface area (Å²) in [5.74, 6) is 0.795. The molecular formula is C20H26BrNO5. The molecule has 1 aromatic rings. The van der Waals surface area contributed by atoms with Gasteiger partial charge in [0.05, 0.1) is 31.7 Å². The summed E-state index contributed by atoms with van der Waals surface area (Å²) >= 11 is 3.43. The molecule has 1 N–H and O–H groups in total. The van der Waals surface area contributed by atoms with Crippen molar-refractivity contribution >= 4 is 33.9 Å². The largest absolute Gasteiger partial charge is 0.493 e. The van der Waals surface area contributed by atoms with Gasteiger partial charge in [-0.2, -0.15) is 0 Å². The maximum absolute atomic E-state index is 12.2. The van der Waals surface area contributed by atoms with Gasteiger partial charge in [-0.25, -0.2) is 0 Å². The van der Waals surface area contributed by atoms with Crippen LogP contribution in [-0.2, 0) is 14.3 Å². The Morgan fingerprint density at radius 1 is 1.19 bits per heavy atom. The van der Waals surface area contributed by atoms with E-state index in [9.17, 15) is 9.59 Å². The molecular weight excluding hydrogens is 414 g/mol. The maximum Gasteiger partial charge on any atom is 0.309 e. The van der Waals surface area contributed by atoms with E-state index in [-0.39, 0.29) is 23.7 Å². The summed E-state index contributed by atoms with van der Waals surface area (Å²) in [6, 6.07) is 3.64. The third-order valence-corrected chi connectivity index (χ3v) is 5.42. The Kier molecular flexibility index (Phi) is 8.16. The molecule has 2 unspecified atom stereocenters. The van der Waals surface area contributed by atoms with Gasteiger partial charge in [-0.05, 0) is 58.5 Å². The van der Waals surface area contributed by atoms with Crippen molar-refractivity contribution in [2.75, 3.05) is 27.9 Å². The fourth-order valence-corrected chi connectivity index (χ4v) is 4.03. The van der Waals surface area contributed by atoms with Gasteiger partial charge in [0, 0.05) is 12.6 Å². The highest BCUT2D eigenvalue weighted by Gasteiger charge is 2.31. The van der Waals surface area contributed by atoms with Crippen LogP contribution < -0.4 is 14.8 Å². The summed E-state index contributed by atoms with van der Waals surface area (Å²) in [6.45, 7) is 0.471. The molecule has 148 valence electrons. The topological polar surface area (TPSA) is 73.9 Å². The number of esters is 1. The Bertz CT molecular complexity index is 704. The van der Waals surface area contributed by atoms with Crippen LogP contribution in [0.25, 0.3) is 6.08 Å². The molecule has 2 atom stereocenters. The summed E-state index contributed by atoms with van der Waals surface area (Å²) < 4.78 is 16.2. The molecule has 1 aliphatic rings. The van der Waals surface area contributed by atoms with Gasteiger partial charge in [-0.15, -0.1) is 0 Å². The zero-order valence-electron chi connectivity index (χ0n) is 15.9. The van der Waals surface area contributed by atoms with Crippen LogP contribution >= 0.6 is 15.9 Å². The van der Waals surface area contributed by atoms with Crippen LogP contribution in [0, 0.1) is 11.8 Å². The summed E-state index contributed by atoms with van der Waals surface area (Å²) in [6.07, 6.45) is 7.03. The number of benzene rings is 1. The van der Waals surface area contributed by atoms with Gasteiger partial charge in [0.15, 0.2) is 11.5 Å². The first-order valence-electron chi connectivity index (χ1n) is 8.95. The minimum atomic E-state index is -0.199. The highest BCUT2D eigenvalue weighted by Crippen LogP contribution is 2.36. The smallest absolute Gasteiger partial charge is 0.309 e. The summed E-state index contributed by atoms with van der Waals surface area (Å²) in [5.41, 5.74) is 0.805. The zero-order chi connectivity index (χ0) is 19.8. The number of rotatable bonds is 7. The van der Waals surface area contributed by atoms with E-state index in [0.29, 0.717) is 18.0 Å². The van der Waals surface area contributed by atoms with Crippen molar-refractivity contribution in [2.45, 2.75) is 25.7 Å². The molecule has 7 heteroatoms. The van der Waals surface area contributed by atoms with E-state index in [1.165, 1.54) is 13.2 Å². The number of ether oxygens (including phenoxy) is 3. The second-order valence-corrected chi connectivity index (χ2v) is 7.35. The van der Waals surface area contributed by atoms with E-state index in [1.54, 1.807) is 26.4 Å². The quantitative estimate of drug-likeness (QED) is 0.519. The normalized spacial score (nSPS) is 19.6. The van der Waals surface area contributed by atoms with Gasteiger partial charge in [0.1, 0.15) is 0 Å². The predicted octanol–water partition coefficient (Wildman–Crippen LogP) is 3.58. The lowest BCUT2D eigenvalue weighted by molar-refractivity contribution is -0.148. The van der Waals surface area contributed by atoms with Crippen molar-refractivity contribution in [2.24, 2.45) is 11.8 Å². The molecule has 0 bridgehead atoms. The number of methoxy groups -OCH3 is 3. The molecule has 1 aromatic carbocycles. The van der Waals surface area contributed by atoms with E-state index in [1.807, 2.05) is 6.07 Å². The van der Waals surface area contributed by atoms with Crippen LogP contribution in [0.1, 0.15) is 31.2 Å². The van der Waals surface area contributed by atoms with Crippen LogP contribution in [0.3, 0.4) is 0 Å². The van der Waals surface area contributed by atoms with Crippen molar-refractivity contribution < 1.29 is 23.8 Å². The molecule has 0 aromatic heterocycles. The lowest BCUT2D eigenvalue weighted by atomic mass is 9.79. The number of hydrogen-bond donors (Lipinski definition) is 1. The van der Waals surface area contributed by atoms with Crippen molar-refractivity contribution in [3.63, 3.8) is 0 Å². The second kappa shape index (κ2) is 10.3. The van der Waals surface area contributed by atoms with E-state index in [4.69, 9.17) is 14.2 Å². The predicted molar refractivity (Wildman–Crippen MR) is 107 cm³/mol. The molecule has 1 fully saturated rings. The zero-order valence-corrected chi connectivity index (χ0v) is 17.5. The van der Waals surface area contributed by atoms with Crippen LogP contribution in [0.15, 0.2) is 22.7 Å². The van der Waals surface area contributed by atoms with Crippen molar-refractivity contribution in [1.29, 1.82) is 0 Å². The average Bonchev–Trinajstić information content (AvgIpc) is 2.69. The highest BCUT2D eigenvalue weighted by atomic mass is 79.9. The SMILES string of the molecule is COC(=O)C1CCCCC1CNC(=O)/C=C/c1cc(Br)c(OC)c(OC)c1. The van der Waals surface area contributed by atoms with Crippen LogP contribution in [0.5, 0.6) is 11.5 Å². The van der Waals surface area contributed by atoms with E-state index in [0.717, 1.165) is 35.7 Å². The first-order chi connectivity index (χ1) is 13.0. The Balaban J connectivity index is 1.97. The first kappa shape index (κ1) is 21.3. The molecule has 0 aliphatic heterocycles. The van der Waals surface area contributed by atoms with Crippen LogP contribution in [0.4, 0.5) is 0 Å². The lowest BCUT2D eigenvalue weighted by Gasteiger charge is -2.29. The molecule has 0 spiro atoms. The van der Waals surface area contributed by atoms with Crippen LogP contribution in [0.2, 0.25) is 0 Å². The van der Waals surface area contributed by atoms with Gasteiger partial charge >= 0.3 is 5.97 Å². The van der Waals surface area contributed by atoms with E-state index >= 15 is 0 Å². The molecule has 1 saturated carbocycles. The van der Waals surface area contributed by atoms with Crippen molar-refractivity contribution in [1.82, 2.24) is 5.32 Å². The summed E-state index contributed by atoms with van der Waals surface area (Å²) in [5, 5.41) is 2.90. The second-order valence-electron chi connectivity index (χ2n) is 6.49. The molecule has 0 heterocycles. The van der Waals surface area contributed by atoms with Crippen LogP contribution in [-0.4, -0.2) is 39.8 Å². The lowest BCUT2D eigenvalue weighted by Crippen LogP contribution is -2.37. The Morgan fingerprint density at radius 3 is 2.59 bits per heavy atom. The number of amides is 1. The minimum Gasteiger partial charge on any atom is -0.493 e. The third-order valence-electron chi connectivity index (χ3n) is 4.83. The van der Waals surface area contributed by atoms with E-state index in [2.05, 4.69) is 21.2 Å². The number of carbonyl (C=O) groups excluding carboxylic acids is 2. The molecule has 0 saturated heterocycles. The Labute approximate surface area is 168 Å². The van der Waals surface area contributed by atoms with Gasteiger partial charge in [0.25, 0.3) is 0 Å². The van der Waals surface area contributed by atoms with Gasteiger partial charge in [-0.1, -0.05) is 12.8 Å². The third kappa shape index (κ3) is 5.73. The average molecular weight is 440 g/mol. The van der Waals surface area contributed by atoms with Gasteiger partial charge in [0.2, 0.25) is 5.91 Å². The molecule has 27 heavy (non-hydrogen) atoms. The highest BCUT2D eigenvalue weighted by molar-refractivity contribution is 9.10. The molecule has 0 radical (unpaired) electrons. The molecule has 6 nitrogen and oxygen atoms in total. The minimum absolute atomic E-state index is 0.124. The maximum atomic E-state index is 12.2. The summed E-state index contributed by atoms with van der Waals surface area (Å²) in [4.78, 5) is 24.1. The number of carbonyl (C=O) groups is 2. The number of nitrogens with one attached hydrogen (secondary N) is 1. The Morgan fingerprint density at radius 2 is 1.93 bits per heavy atom. The molecule has 2 rings (SSSR count). The van der Waals surface area contributed by atoms with Crippen molar-refractivity contribution in [3.05, 3.63) is 28.2 Å². The molecule has 1 amide bonds. The van der Waals surface area contributed by atoms with Crippen molar-refractivity contribution in [3.8, 4) is 11.5 Å². The molecule has 1 aliphatic carbocycles. The van der Waals surface area contributed by atoms with Gasteiger partial charge in [-0.3, -0.25) is 9.59 Å². The number of hydrogen-bond acceptors (Lipinski definition) is 5. The Hall–Kier alpha value is -2.02. The van der Waals surface area contributed by atoms with E-state index < -0.39 is 0 Å². The first-order valence-corrected chi connectivity index (χ1v) is 9.74. The number of halogens is 1. The standard InChI is InChI=1S/C20H26BrNO5/c1-25-17-11-13(10-16(21)19(17)26-2)8-9-18(23)22-12-14-6-4-5-7-15(14)20(24)27-3/h8-11,14-15H,4-7,12H2,1-3H3,(H,22,23)/b9-8+.